The highest BCUT2D eigenvalue weighted by atomic mass is 32.2. The molecule has 0 unspecified atom stereocenters. The molecule has 1 aromatic heterocycles. The number of aryl methyl sites for hydroxylation is 3. The van der Waals surface area contributed by atoms with Crippen molar-refractivity contribution in [1.29, 1.82) is 0 Å². The van der Waals surface area contributed by atoms with Crippen molar-refractivity contribution in [2.45, 2.75) is 39.5 Å². The molecule has 0 atom stereocenters. The van der Waals surface area contributed by atoms with Crippen LogP contribution in [0.4, 0.5) is 10.1 Å². The molecule has 0 aliphatic rings. The zero-order chi connectivity index (χ0) is 28.3. The second-order valence-electron chi connectivity index (χ2n) is 9.45. The minimum atomic E-state index is -4.04. The number of para-hydroxylation sites is 1. The van der Waals surface area contributed by atoms with Gasteiger partial charge in [-0.25, -0.2) is 18.2 Å². The Hall–Kier alpha value is -4.24. The minimum absolute atomic E-state index is 0.0888. The molecule has 0 bridgehead atoms. The molecule has 0 saturated heterocycles. The quantitative estimate of drug-likeness (QED) is 0.234. The van der Waals surface area contributed by atoms with Crippen LogP contribution >= 0.6 is 0 Å². The fourth-order valence-corrected chi connectivity index (χ4v) is 5.88. The molecule has 1 amide bonds. The van der Waals surface area contributed by atoms with Gasteiger partial charge in [0.25, 0.3) is 15.9 Å². The molecule has 3 aromatic carbocycles. The highest BCUT2D eigenvalue weighted by molar-refractivity contribution is 7.92. The Morgan fingerprint density at radius 2 is 1.67 bits per heavy atom. The van der Waals surface area contributed by atoms with Gasteiger partial charge in [-0.2, -0.15) is 5.10 Å². The predicted octanol–water partition coefficient (Wildman–Crippen LogP) is 5.50. The molecule has 9 heteroatoms. The van der Waals surface area contributed by atoms with E-state index in [1.807, 2.05) is 46.8 Å². The summed E-state index contributed by atoms with van der Waals surface area (Å²) in [5.41, 5.74) is 8.10. The maximum Gasteiger partial charge on any atom is 0.264 e. The van der Waals surface area contributed by atoms with Crippen LogP contribution in [0.1, 0.15) is 33.6 Å². The first-order chi connectivity index (χ1) is 18.5. The summed E-state index contributed by atoms with van der Waals surface area (Å²) < 4.78 is 44.6. The van der Waals surface area contributed by atoms with Gasteiger partial charge in [0.2, 0.25) is 0 Å². The maximum atomic E-state index is 14.4. The van der Waals surface area contributed by atoms with Gasteiger partial charge in [-0.05, 0) is 82.1 Å². The number of rotatable bonds is 8. The monoisotopic (exact) mass is 546 g/mol. The fraction of sp³-hybridized carbons (Fsp3) is 0.200. The zero-order valence-electron chi connectivity index (χ0n) is 22.6. The number of halogens is 1. The third-order valence-electron chi connectivity index (χ3n) is 6.70. The van der Waals surface area contributed by atoms with Crippen molar-refractivity contribution in [3.05, 3.63) is 112 Å². The summed E-state index contributed by atoms with van der Waals surface area (Å²) in [6.45, 7) is 8.80. The van der Waals surface area contributed by atoms with E-state index in [0.29, 0.717) is 16.9 Å². The zero-order valence-corrected chi connectivity index (χ0v) is 23.4. The summed E-state index contributed by atoms with van der Waals surface area (Å²) in [5, 5.41) is 4.07. The van der Waals surface area contributed by atoms with Crippen LogP contribution in [0, 0.1) is 40.4 Å². The number of benzene rings is 3. The van der Waals surface area contributed by atoms with Gasteiger partial charge in [0, 0.05) is 17.0 Å². The summed E-state index contributed by atoms with van der Waals surface area (Å²) in [7, 11) is -4.04. The summed E-state index contributed by atoms with van der Waals surface area (Å²) in [6.07, 6.45) is 1.47. The summed E-state index contributed by atoms with van der Waals surface area (Å²) in [6, 6.07) is 20.1. The molecule has 4 aromatic rings. The van der Waals surface area contributed by atoms with Crippen LogP contribution in [0.25, 0.3) is 5.69 Å². The number of nitrogens with one attached hydrogen (secondary N) is 1. The van der Waals surface area contributed by atoms with Gasteiger partial charge < -0.3 is 4.57 Å². The Kier molecular flexibility index (Phi) is 8.01. The highest BCUT2D eigenvalue weighted by Crippen LogP contribution is 2.28. The second kappa shape index (κ2) is 11.2. The van der Waals surface area contributed by atoms with E-state index in [1.165, 1.54) is 24.4 Å². The van der Waals surface area contributed by atoms with E-state index < -0.39 is 22.5 Å². The maximum absolute atomic E-state index is 14.4. The lowest BCUT2D eigenvalue weighted by Gasteiger charge is -2.26. The second-order valence-corrected chi connectivity index (χ2v) is 11.3. The van der Waals surface area contributed by atoms with E-state index in [2.05, 4.69) is 10.5 Å². The number of hydrogen-bond donors (Lipinski definition) is 1. The van der Waals surface area contributed by atoms with Crippen molar-refractivity contribution in [1.82, 2.24) is 9.99 Å². The lowest BCUT2D eigenvalue weighted by atomic mass is 10.1. The van der Waals surface area contributed by atoms with Gasteiger partial charge in [-0.1, -0.05) is 42.0 Å². The number of hydrazone groups is 1. The topological polar surface area (TPSA) is 83.8 Å². The molecule has 202 valence electrons. The third-order valence-corrected chi connectivity index (χ3v) is 8.47. The van der Waals surface area contributed by atoms with Crippen LogP contribution in [-0.4, -0.2) is 31.7 Å². The molecular formula is C30H31FN4O3S. The number of amides is 1. The van der Waals surface area contributed by atoms with Gasteiger partial charge in [0.05, 0.1) is 22.5 Å². The van der Waals surface area contributed by atoms with Gasteiger partial charge in [-0.15, -0.1) is 0 Å². The molecule has 0 radical (unpaired) electrons. The molecule has 7 nitrogen and oxygen atoms in total. The van der Waals surface area contributed by atoms with E-state index in [1.54, 1.807) is 47.0 Å². The first-order valence-electron chi connectivity index (χ1n) is 12.4. The van der Waals surface area contributed by atoms with Crippen molar-refractivity contribution in [2.24, 2.45) is 5.10 Å². The molecule has 0 fully saturated rings. The number of sulfonamides is 1. The standard InChI is InChI=1S/C30H31FN4O3S/c1-20-13-15-26(16-14-20)39(37,38)34(28-12-8-9-21(2)23(28)4)19-30(36)33-32-18-25-17-22(3)35(24(25)5)29-11-7-6-10-27(29)31/h6-18H,19H2,1-5H3,(H,33,36)/b32-18-. The van der Waals surface area contributed by atoms with Gasteiger partial charge in [-0.3, -0.25) is 9.10 Å². The number of aromatic nitrogens is 1. The fourth-order valence-electron chi connectivity index (χ4n) is 4.40. The first-order valence-corrected chi connectivity index (χ1v) is 13.9. The largest absolute Gasteiger partial charge is 0.315 e. The van der Waals surface area contributed by atoms with Crippen molar-refractivity contribution in [3.63, 3.8) is 0 Å². The van der Waals surface area contributed by atoms with Crippen molar-refractivity contribution in [3.8, 4) is 5.69 Å². The van der Waals surface area contributed by atoms with E-state index in [9.17, 15) is 17.6 Å². The number of carbonyl (C=O) groups is 1. The highest BCUT2D eigenvalue weighted by Gasteiger charge is 2.28. The van der Waals surface area contributed by atoms with Crippen molar-refractivity contribution >= 4 is 27.8 Å². The smallest absolute Gasteiger partial charge is 0.264 e. The third kappa shape index (κ3) is 5.78. The molecule has 0 aliphatic heterocycles. The Morgan fingerprint density at radius 1 is 0.974 bits per heavy atom. The Labute approximate surface area is 228 Å². The Morgan fingerprint density at radius 3 is 2.36 bits per heavy atom. The summed E-state index contributed by atoms with van der Waals surface area (Å²) >= 11 is 0. The Balaban J connectivity index is 1.59. The molecule has 1 N–H and O–H groups in total. The lowest BCUT2D eigenvalue weighted by molar-refractivity contribution is -0.119. The lowest BCUT2D eigenvalue weighted by Crippen LogP contribution is -2.40. The molecule has 4 rings (SSSR count). The molecule has 39 heavy (non-hydrogen) atoms. The number of carbonyl (C=O) groups excluding carboxylic acids is 1. The van der Waals surface area contributed by atoms with E-state index in [4.69, 9.17) is 0 Å². The molecular weight excluding hydrogens is 515 g/mol. The van der Waals surface area contributed by atoms with E-state index >= 15 is 0 Å². The molecule has 1 heterocycles. The number of anilines is 1. The average Bonchev–Trinajstić information content (AvgIpc) is 3.17. The van der Waals surface area contributed by atoms with Crippen molar-refractivity contribution < 1.29 is 17.6 Å². The summed E-state index contributed by atoms with van der Waals surface area (Å²) in [4.78, 5) is 13.1. The normalized spacial score (nSPS) is 11.6. The van der Waals surface area contributed by atoms with Crippen LogP contribution in [0.15, 0.2) is 82.8 Å². The van der Waals surface area contributed by atoms with Crippen LogP contribution in [0.3, 0.4) is 0 Å². The average molecular weight is 547 g/mol. The Bertz CT molecular complexity index is 1660. The molecule has 0 spiro atoms. The van der Waals surface area contributed by atoms with E-state index in [-0.39, 0.29) is 10.7 Å². The van der Waals surface area contributed by atoms with Crippen LogP contribution in [0.5, 0.6) is 0 Å². The van der Waals surface area contributed by atoms with Gasteiger partial charge in [0.15, 0.2) is 0 Å². The SMILES string of the molecule is Cc1ccc(S(=O)(=O)N(CC(=O)N/N=C\c2cc(C)n(-c3ccccc3F)c2C)c2cccc(C)c2C)cc1. The minimum Gasteiger partial charge on any atom is -0.315 e. The van der Waals surface area contributed by atoms with Gasteiger partial charge >= 0.3 is 0 Å². The van der Waals surface area contributed by atoms with Crippen LogP contribution in [0.2, 0.25) is 0 Å². The van der Waals surface area contributed by atoms with Crippen molar-refractivity contribution in [2.75, 3.05) is 10.8 Å². The molecule has 0 aliphatic carbocycles. The van der Waals surface area contributed by atoms with Gasteiger partial charge in [0.1, 0.15) is 12.4 Å². The van der Waals surface area contributed by atoms with Crippen LogP contribution in [-0.2, 0) is 14.8 Å². The summed E-state index contributed by atoms with van der Waals surface area (Å²) in [5.74, 6) is -0.955. The number of nitrogens with zero attached hydrogens (tertiary/aromatic N) is 3. The van der Waals surface area contributed by atoms with Crippen LogP contribution < -0.4 is 9.73 Å². The predicted molar refractivity (Wildman–Crippen MR) is 153 cm³/mol. The number of hydrogen-bond acceptors (Lipinski definition) is 4. The first kappa shape index (κ1) is 27.8. The van der Waals surface area contributed by atoms with E-state index in [0.717, 1.165) is 32.4 Å². The molecule has 0 saturated carbocycles.